The first-order chi connectivity index (χ1) is 11.9. The van der Waals surface area contributed by atoms with Gasteiger partial charge < -0.3 is 14.8 Å². The molecule has 0 spiro atoms. The highest BCUT2D eigenvalue weighted by atomic mass is 16.5. The second-order valence-electron chi connectivity index (χ2n) is 5.37. The van der Waals surface area contributed by atoms with E-state index in [2.05, 4.69) is 29.6 Å². The Morgan fingerprint density at radius 1 is 0.583 bits per heavy atom. The van der Waals surface area contributed by atoms with Gasteiger partial charge in [0, 0.05) is 12.2 Å². The third-order valence-electron chi connectivity index (χ3n) is 3.56. The molecule has 24 heavy (non-hydrogen) atoms. The SMILES string of the molecule is c1ccc(NCc2ccc(OCCOc3ccccc3)cc2)cc1. The van der Waals surface area contributed by atoms with Gasteiger partial charge in [-0.25, -0.2) is 0 Å². The van der Waals surface area contributed by atoms with E-state index >= 15 is 0 Å². The van der Waals surface area contributed by atoms with Crippen molar-refractivity contribution in [1.29, 1.82) is 0 Å². The minimum Gasteiger partial charge on any atom is -0.490 e. The topological polar surface area (TPSA) is 30.5 Å². The zero-order valence-electron chi connectivity index (χ0n) is 13.5. The van der Waals surface area contributed by atoms with Crippen molar-refractivity contribution in [2.45, 2.75) is 6.54 Å². The summed E-state index contributed by atoms with van der Waals surface area (Å²) in [6.07, 6.45) is 0. The number of benzene rings is 3. The number of hydrogen-bond acceptors (Lipinski definition) is 3. The highest BCUT2D eigenvalue weighted by molar-refractivity contribution is 5.43. The van der Waals surface area contributed by atoms with E-state index in [0.717, 1.165) is 23.7 Å². The van der Waals surface area contributed by atoms with Gasteiger partial charge in [0.2, 0.25) is 0 Å². The van der Waals surface area contributed by atoms with E-state index in [9.17, 15) is 0 Å². The zero-order valence-corrected chi connectivity index (χ0v) is 13.5. The normalized spacial score (nSPS) is 10.2. The van der Waals surface area contributed by atoms with Gasteiger partial charge in [0.25, 0.3) is 0 Å². The summed E-state index contributed by atoms with van der Waals surface area (Å²) < 4.78 is 11.3. The van der Waals surface area contributed by atoms with Gasteiger partial charge in [-0.1, -0.05) is 48.5 Å². The molecule has 0 amide bonds. The molecule has 0 aliphatic carbocycles. The summed E-state index contributed by atoms with van der Waals surface area (Å²) in [7, 11) is 0. The summed E-state index contributed by atoms with van der Waals surface area (Å²) in [4.78, 5) is 0. The van der Waals surface area contributed by atoms with Crippen LogP contribution in [0.15, 0.2) is 84.9 Å². The highest BCUT2D eigenvalue weighted by Crippen LogP contribution is 2.14. The predicted molar refractivity (Wildman–Crippen MR) is 97.6 cm³/mol. The van der Waals surface area contributed by atoms with Gasteiger partial charge in [-0.05, 0) is 42.0 Å². The first-order valence-electron chi connectivity index (χ1n) is 8.09. The number of anilines is 1. The van der Waals surface area contributed by atoms with Crippen LogP contribution in [-0.2, 0) is 6.54 Å². The number of ether oxygens (including phenoxy) is 2. The second kappa shape index (κ2) is 8.63. The van der Waals surface area contributed by atoms with Crippen LogP contribution in [0.4, 0.5) is 5.69 Å². The minimum atomic E-state index is 0.524. The Kier molecular flexibility index (Phi) is 5.73. The van der Waals surface area contributed by atoms with E-state index in [-0.39, 0.29) is 0 Å². The van der Waals surface area contributed by atoms with Gasteiger partial charge in [-0.3, -0.25) is 0 Å². The van der Waals surface area contributed by atoms with Crippen LogP contribution in [0.25, 0.3) is 0 Å². The van der Waals surface area contributed by atoms with E-state index in [1.165, 1.54) is 5.56 Å². The second-order valence-corrected chi connectivity index (χ2v) is 5.37. The Morgan fingerprint density at radius 2 is 1.12 bits per heavy atom. The van der Waals surface area contributed by atoms with E-state index in [1.807, 2.05) is 60.7 Å². The van der Waals surface area contributed by atoms with Crippen LogP contribution in [0, 0.1) is 0 Å². The molecule has 1 N–H and O–H groups in total. The molecule has 0 atom stereocenters. The molecule has 3 nitrogen and oxygen atoms in total. The maximum atomic E-state index is 5.70. The van der Waals surface area contributed by atoms with Crippen LogP contribution in [0.1, 0.15) is 5.56 Å². The van der Waals surface area contributed by atoms with E-state index in [0.29, 0.717) is 13.2 Å². The summed E-state index contributed by atoms with van der Waals surface area (Å²) in [5, 5.41) is 3.39. The molecule has 0 saturated heterocycles. The fourth-order valence-corrected chi connectivity index (χ4v) is 2.30. The Labute approximate surface area is 142 Å². The van der Waals surface area contributed by atoms with Crippen LogP contribution in [0.2, 0.25) is 0 Å². The van der Waals surface area contributed by atoms with Crippen LogP contribution < -0.4 is 14.8 Å². The molecule has 3 heteroatoms. The summed E-state index contributed by atoms with van der Waals surface area (Å²) in [6.45, 7) is 1.85. The Morgan fingerprint density at radius 3 is 1.75 bits per heavy atom. The van der Waals surface area contributed by atoms with E-state index < -0.39 is 0 Å². The lowest BCUT2D eigenvalue weighted by Crippen LogP contribution is -2.09. The van der Waals surface area contributed by atoms with Gasteiger partial charge in [-0.2, -0.15) is 0 Å². The minimum absolute atomic E-state index is 0.524. The van der Waals surface area contributed by atoms with E-state index in [1.54, 1.807) is 0 Å². The van der Waals surface area contributed by atoms with Crippen molar-refractivity contribution >= 4 is 5.69 Å². The van der Waals surface area contributed by atoms with Crippen LogP contribution in [0.3, 0.4) is 0 Å². The van der Waals surface area contributed by atoms with Crippen molar-refractivity contribution in [2.75, 3.05) is 18.5 Å². The van der Waals surface area contributed by atoms with Crippen LogP contribution in [-0.4, -0.2) is 13.2 Å². The van der Waals surface area contributed by atoms with Crippen LogP contribution in [0.5, 0.6) is 11.5 Å². The largest absolute Gasteiger partial charge is 0.490 e. The van der Waals surface area contributed by atoms with Crippen molar-refractivity contribution in [2.24, 2.45) is 0 Å². The quantitative estimate of drug-likeness (QED) is 0.607. The predicted octanol–water partition coefficient (Wildman–Crippen LogP) is 4.76. The fraction of sp³-hybridized carbons (Fsp3) is 0.143. The molecule has 0 aromatic heterocycles. The fourth-order valence-electron chi connectivity index (χ4n) is 2.30. The number of hydrogen-bond donors (Lipinski definition) is 1. The van der Waals surface area contributed by atoms with Gasteiger partial charge in [0.15, 0.2) is 0 Å². The summed E-state index contributed by atoms with van der Waals surface area (Å²) in [5.41, 5.74) is 2.34. The summed E-state index contributed by atoms with van der Waals surface area (Å²) >= 11 is 0. The molecule has 0 heterocycles. The number of rotatable bonds is 8. The molecule has 0 unspecified atom stereocenters. The molecule has 0 bridgehead atoms. The number of para-hydroxylation sites is 2. The first-order valence-corrected chi connectivity index (χ1v) is 8.09. The van der Waals surface area contributed by atoms with Crippen LogP contribution >= 0.6 is 0 Å². The average molecular weight is 319 g/mol. The first kappa shape index (κ1) is 15.9. The van der Waals surface area contributed by atoms with Crippen molar-refractivity contribution < 1.29 is 9.47 Å². The van der Waals surface area contributed by atoms with E-state index in [4.69, 9.17) is 9.47 Å². The molecule has 0 radical (unpaired) electrons. The van der Waals surface area contributed by atoms with Crippen molar-refractivity contribution in [1.82, 2.24) is 0 Å². The molecule has 0 aliphatic heterocycles. The van der Waals surface area contributed by atoms with Gasteiger partial charge in [0.1, 0.15) is 24.7 Å². The summed E-state index contributed by atoms with van der Waals surface area (Å²) in [6, 6.07) is 28.1. The average Bonchev–Trinajstić information content (AvgIpc) is 2.66. The molecule has 3 aromatic carbocycles. The van der Waals surface area contributed by atoms with Gasteiger partial charge >= 0.3 is 0 Å². The van der Waals surface area contributed by atoms with Crippen molar-refractivity contribution in [3.05, 3.63) is 90.5 Å². The smallest absolute Gasteiger partial charge is 0.122 e. The van der Waals surface area contributed by atoms with Gasteiger partial charge in [0.05, 0.1) is 0 Å². The lowest BCUT2D eigenvalue weighted by Gasteiger charge is -2.10. The monoisotopic (exact) mass is 319 g/mol. The molecule has 0 fully saturated rings. The van der Waals surface area contributed by atoms with Crippen molar-refractivity contribution in [3.63, 3.8) is 0 Å². The summed E-state index contributed by atoms with van der Waals surface area (Å²) in [5.74, 6) is 1.72. The number of nitrogens with one attached hydrogen (secondary N) is 1. The third-order valence-corrected chi connectivity index (χ3v) is 3.56. The molecular formula is C21H21NO2. The molecule has 0 saturated carbocycles. The Hall–Kier alpha value is -2.94. The Bertz CT molecular complexity index is 712. The molecule has 3 rings (SSSR count). The highest BCUT2D eigenvalue weighted by Gasteiger charge is 1.97. The van der Waals surface area contributed by atoms with Crippen molar-refractivity contribution in [3.8, 4) is 11.5 Å². The molecule has 0 aliphatic rings. The Balaban J connectivity index is 1.40. The molecule has 3 aromatic rings. The third kappa shape index (κ3) is 5.06. The zero-order chi connectivity index (χ0) is 16.5. The lowest BCUT2D eigenvalue weighted by molar-refractivity contribution is 0.217. The molecular weight excluding hydrogens is 298 g/mol. The standard InChI is InChI=1S/C21H21NO2/c1-3-7-19(8-4-1)22-17-18-11-13-21(14-12-18)24-16-15-23-20-9-5-2-6-10-20/h1-14,22H,15-17H2. The lowest BCUT2D eigenvalue weighted by atomic mass is 10.2. The molecule has 122 valence electrons. The van der Waals surface area contributed by atoms with Gasteiger partial charge in [-0.15, -0.1) is 0 Å². The maximum Gasteiger partial charge on any atom is 0.122 e. The maximum absolute atomic E-state index is 5.70.